The van der Waals surface area contributed by atoms with Crippen molar-refractivity contribution in [3.05, 3.63) is 22.6 Å². The molecule has 0 unspecified atom stereocenters. The van der Waals surface area contributed by atoms with E-state index in [4.69, 9.17) is 4.42 Å². The number of amides is 3. The number of carbonyl (C=O) groups is 3. The van der Waals surface area contributed by atoms with Crippen LogP contribution in [0.2, 0.25) is 0 Å². The van der Waals surface area contributed by atoms with Crippen molar-refractivity contribution in [2.75, 3.05) is 13.1 Å². The summed E-state index contributed by atoms with van der Waals surface area (Å²) in [5.74, 6) is -1.11. The quantitative estimate of drug-likeness (QED) is 0.670. The van der Waals surface area contributed by atoms with Crippen molar-refractivity contribution in [3.63, 3.8) is 0 Å². The highest BCUT2D eigenvalue weighted by Crippen LogP contribution is 2.13. The zero-order chi connectivity index (χ0) is 15.8. The van der Waals surface area contributed by atoms with Crippen LogP contribution in [0.5, 0.6) is 0 Å². The van der Waals surface area contributed by atoms with Crippen LogP contribution in [0.25, 0.3) is 0 Å². The van der Waals surface area contributed by atoms with Gasteiger partial charge in [-0.1, -0.05) is 6.92 Å². The highest BCUT2D eigenvalue weighted by atomic mass is 79.9. The summed E-state index contributed by atoms with van der Waals surface area (Å²) in [6, 6.07) is 2.41. The zero-order valence-corrected chi connectivity index (χ0v) is 13.5. The molecular formula is C13H18BrN3O4. The molecule has 0 aliphatic carbocycles. The lowest BCUT2D eigenvalue weighted by Crippen LogP contribution is -2.48. The summed E-state index contributed by atoms with van der Waals surface area (Å²) in [5.41, 5.74) is 0. The molecule has 116 valence electrons. The van der Waals surface area contributed by atoms with Gasteiger partial charge in [-0.25, -0.2) is 0 Å². The topological polar surface area (TPSA) is 100 Å². The largest absolute Gasteiger partial charge is 0.444 e. The van der Waals surface area contributed by atoms with Crippen molar-refractivity contribution in [2.24, 2.45) is 0 Å². The van der Waals surface area contributed by atoms with Crippen molar-refractivity contribution in [3.8, 4) is 0 Å². The lowest BCUT2D eigenvalue weighted by molar-refractivity contribution is -0.128. The maximum atomic E-state index is 11.6. The highest BCUT2D eigenvalue weighted by Gasteiger charge is 2.16. The summed E-state index contributed by atoms with van der Waals surface area (Å²) in [7, 11) is 0. The van der Waals surface area contributed by atoms with Crippen LogP contribution in [-0.2, 0) is 9.59 Å². The lowest BCUT2D eigenvalue weighted by Gasteiger charge is -2.13. The molecule has 1 aromatic heterocycles. The molecule has 8 heteroatoms. The average molecular weight is 360 g/mol. The Morgan fingerprint density at radius 2 is 2.00 bits per heavy atom. The molecule has 0 radical (unpaired) electrons. The number of rotatable bonds is 7. The number of hydrogen-bond donors (Lipinski definition) is 3. The van der Waals surface area contributed by atoms with E-state index >= 15 is 0 Å². The minimum absolute atomic E-state index is 0.100. The van der Waals surface area contributed by atoms with Crippen molar-refractivity contribution in [1.29, 1.82) is 0 Å². The van der Waals surface area contributed by atoms with Crippen LogP contribution in [0.1, 0.15) is 30.8 Å². The first-order valence-corrected chi connectivity index (χ1v) is 7.34. The summed E-state index contributed by atoms with van der Waals surface area (Å²) in [6.45, 7) is 3.84. The molecule has 0 aromatic carbocycles. The average Bonchev–Trinajstić information content (AvgIpc) is 2.88. The predicted molar refractivity (Wildman–Crippen MR) is 79.6 cm³/mol. The van der Waals surface area contributed by atoms with E-state index in [9.17, 15) is 14.4 Å². The van der Waals surface area contributed by atoms with Crippen molar-refractivity contribution in [2.45, 2.75) is 26.3 Å². The molecule has 0 bridgehead atoms. The van der Waals surface area contributed by atoms with Crippen molar-refractivity contribution < 1.29 is 18.8 Å². The van der Waals surface area contributed by atoms with Gasteiger partial charge in [-0.3, -0.25) is 14.4 Å². The Kier molecular flexibility index (Phi) is 6.93. The number of halogens is 1. The Balaban J connectivity index is 2.33. The first kappa shape index (κ1) is 17.2. The molecule has 7 nitrogen and oxygen atoms in total. The monoisotopic (exact) mass is 359 g/mol. The fourth-order valence-electron chi connectivity index (χ4n) is 1.44. The van der Waals surface area contributed by atoms with Gasteiger partial charge in [-0.2, -0.15) is 0 Å². The van der Waals surface area contributed by atoms with Gasteiger partial charge >= 0.3 is 0 Å². The van der Waals surface area contributed by atoms with E-state index in [1.165, 1.54) is 6.07 Å². The van der Waals surface area contributed by atoms with Crippen LogP contribution < -0.4 is 16.0 Å². The van der Waals surface area contributed by atoms with Gasteiger partial charge in [0.25, 0.3) is 5.91 Å². The van der Waals surface area contributed by atoms with E-state index in [1.807, 2.05) is 6.92 Å². The van der Waals surface area contributed by atoms with Crippen LogP contribution in [0.3, 0.4) is 0 Å². The second kappa shape index (κ2) is 8.46. The molecule has 1 aromatic rings. The maximum absolute atomic E-state index is 11.6. The Morgan fingerprint density at radius 1 is 1.29 bits per heavy atom. The van der Waals surface area contributed by atoms with Crippen LogP contribution in [0.15, 0.2) is 21.2 Å². The van der Waals surface area contributed by atoms with Gasteiger partial charge in [0.1, 0.15) is 6.04 Å². The number of hydrogen-bond acceptors (Lipinski definition) is 4. The molecule has 0 fully saturated rings. The smallest absolute Gasteiger partial charge is 0.287 e. The molecule has 0 aliphatic heterocycles. The number of nitrogens with one attached hydrogen (secondary N) is 3. The van der Waals surface area contributed by atoms with Crippen LogP contribution in [0.4, 0.5) is 0 Å². The molecule has 0 aliphatic rings. The summed E-state index contributed by atoms with van der Waals surface area (Å²) in [6.07, 6.45) is 0.821. The second-order valence-corrected chi connectivity index (χ2v) is 5.15. The fourth-order valence-corrected chi connectivity index (χ4v) is 1.75. The summed E-state index contributed by atoms with van der Waals surface area (Å²) >= 11 is 3.08. The van der Waals surface area contributed by atoms with E-state index in [2.05, 4.69) is 31.9 Å². The first-order chi connectivity index (χ1) is 9.93. The predicted octanol–water partition coefficient (Wildman–Crippen LogP) is 0.803. The summed E-state index contributed by atoms with van der Waals surface area (Å²) in [4.78, 5) is 34.8. The first-order valence-electron chi connectivity index (χ1n) is 6.54. The third kappa shape index (κ3) is 5.99. The number of furan rings is 1. The van der Waals surface area contributed by atoms with Gasteiger partial charge in [0, 0.05) is 6.54 Å². The van der Waals surface area contributed by atoms with Crippen LogP contribution in [0, 0.1) is 0 Å². The molecule has 1 rings (SSSR count). The van der Waals surface area contributed by atoms with E-state index in [-0.39, 0.29) is 18.2 Å². The molecule has 0 saturated carbocycles. The van der Waals surface area contributed by atoms with Gasteiger partial charge < -0.3 is 20.4 Å². The molecule has 0 spiro atoms. The van der Waals surface area contributed by atoms with Gasteiger partial charge in [0.15, 0.2) is 10.4 Å². The fraction of sp³-hybridized carbons (Fsp3) is 0.462. The van der Waals surface area contributed by atoms with Gasteiger partial charge in [-0.05, 0) is 41.4 Å². The zero-order valence-electron chi connectivity index (χ0n) is 11.9. The van der Waals surface area contributed by atoms with Crippen molar-refractivity contribution >= 4 is 33.7 Å². The van der Waals surface area contributed by atoms with Gasteiger partial charge in [-0.15, -0.1) is 0 Å². The molecule has 0 saturated heterocycles. The maximum Gasteiger partial charge on any atom is 0.287 e. The minimum atomic E-state index is -0.654. The van der Waals surface area contributed by atoms with Gasteiger partial charge in [0.05, 0.1) is 6.54 Å². The molecule has 1 atom stereocenters. The molecule has 3 N–H and O–H groups in total. The molecule has 3 amide bonds. The van der Waals surface area contributed by atoms with Crippen LogP contribution >= 0.6 is 15.9 Å². The van der Waals surface area contributed by atoms with E-state index in [0.29, 0.717) is 11.2 Å². The normalized spacial score (nSPS) is 11.6. The SMILES string of the molecule is CCCNC(=O)[C@@H](C)NC(=O)CNC(=O)c1ccc(Br)o1. The standard InChI is InChI=1S/C13H18BrN3O4/c1-3-6-15-12(19)8(2)17-11(18)7-16-13(20)9-4-5-10(14)21-9/h4-5,8H,3,6-7H2,1-2H3,(H,15,19)(H,16,20)(H,17,18)/t8-/m1/s1. The van der Waals surface area contributed by atoms with Crippen LogP contribution in [-0.4, -0.2) is 36.9 Å². The van der Waals surface area contributed by atoms with E-state index < -0.39 is 17.9 Å². The van der Waals surface area contributed by atoms with E-state index in [0.717, 1.165) is 6.42 Å². The summed E-state index contributed by atoms with van der Waals surface area (Å²) in [5, 5.41) is 7.57. The Morgan fingerprint density at radius 3 is 2.57 bits per heavy atom. The Bertz CT molecular complexity index is 515. The molecule has 1 heterocycles. The second-order valence-electron chi connectivity index (χ2n) is 4.37. The highest BCUT2D eigenvalue weighted by molar-refractivity contribution is 9.10. The summed E-state index contributed by atoms with van der Waals surface area (Å²) < 4.78 is 5.48. The van der Waals surface area contributed by atoms with Crippen molar-refractivity contribution in [1.82, 2.24) is 16.0 Å². The third-order valence-corrected chi connectivity index (χ3v) is 2.95. The van der Waals surface area contributed by atoms with Gasteiger partial charge in [0.2, 0.25) is 11.8 Å². The molecule has 21 heavy (non-hydrogen) atoms. The number of carbonyl (C=O) groups excluding carboxylic acids is 3. The Hall–Kier alpha value is -1.83. The Labute approximate surface area is 131 Å². The lowest BCUT2D eigenvalue weighted by atomic mass is 10.3. The third-order valence-electron chi connectivity index (χ3n) is 2.53. The molecular weight excluding hydrogens is 342 g/mol. The minimum Gasteiger partial charge on any atom is -0.444 e. The van der Waals surface area contributed by atoms with E-state index in [1.54, 1.807) is 13.0 Å².